The molecule has 0 radical (unpaired) electrons. The highest BCUT2D eigenvalue weighted by atomic mass is 32.2. The summed E-state index contributed by atoms with van der Waals surface area (Å²) in [5.41, 5.74) is 7.09. The molecule has 0 bridgehead atoms. The van der Waals surface area contributed by atoms with Gasteiger partial charge in [0.25, 0.3) is 0 Å². The van der Waals surface area contributed by atoms with Crippen molar-refractivity contribution < 1.29 is 5.11 Å². The molecule has 0 saturated carbocycles. The Kier molecular flexibility index (Phi) is 1.74. The molecule has 76 valence electrons. The van der Waals surface area contributed by atoms with E-state index in [1.165, 1.54) is 22.8 Å². The van der Waals surface area contributed by atoms with Crippen molar-refractivity contribution in [2.75, 3.05) is 5.73 Å². The van der Waals surface area contributed by atoms with E-state index in [4.69, 9.17) is 5.73 Å². The molecule has 0 saturated heterocycles. The summed E-state index contributed by atoms with van der Waals surface area (Å²) in [5, 5.41) is 14.7. The summed E-state index contributed by atoms with van der Waals surface area (Å²) < 4.78 is 1.48. The molecule has 6 heteroatoms. The number of hydrogen-bond donors (Lipinski definition) is 2. The second-order valence-corrected chi connectivity index (χ2v) is 4.27. The molecule has 1 atom stereocenters. The van der Waals surface area contributed by atoms with E-state index in [0.29, 0.717) is 10.8 Å². The first-order valence-electron chi connectivity index (χ1n) is 4.40. The number of anilines is 1. The largest absolute Gasteiger partial charge is 0.399 e. The van der Waals surface area contributed by atoms with Gasteiger partial charge in [0, 0.05) is 16.1 Å². The van der Waals surface area contributed by atoms with E-state index < -0.39 is 6.23 Å². The Morgan fingerprint density at radius 1 is 1.47 bits per heavy atom. The first-order valence-corrected chi connectivity index (χ1v) is 5.22. The van der Waals surface area contributed by atoms with Gasteiger partial charge in [0.2, 0.25) is 0 Å². The van der Waals surface area contributed by atoms with Crippen LogP contribution in [0.1, 0.15) is 11.8 Å². The van der Waals surface area contributed by atoms with Gasteiger partial charge < -0.3 is 10.8 Å². The monoisotopic (exact) mass is 220 g/mol. The normalized spacial score (nSPS) is 18.3. The van der Waals surface area contributed by atoms with Crippen molar-refractivity contribution in [3.05, 3.63) is 30.1 Å². The number of benzene rings is 1. The summed E-state index contributed by atoms with van der Waals surface area (Å²) in [6.45, 7) is 0. The van der Waals surface area contributed by atoms with E-state index in [-0.39, 0.29) is 0 Å². The van der Waals surface area contributed by atoms with Crippen molar-refractivity contribution in [3.63, 3.8) is 0 Å². The zero-order valence-electron chi connectivity index (χ0n) is 7.66. The van der Waals surface area contributed by atoms with Gasteiger partial charge in [-0.05, 0) is 30.0 Å². The third-order valence-corrected chi connectivity index (χ3v) is 3.35. The number of nitrogens with zero attached hydrogens (tertiary/aromatic N) is 3. The summed E-state index contributed by atoms with van der Waals surface area (Å²) in [5.74, 6) is 0. The van der Waals surface area contributed by atoms with Crippen molar-refractivity contribution >= 4 is 17.4 Å². The molecule has 1 aliphatic rings. The molecule has 0 amide bonds. The average Bonchev–Trinajstić information content (AvgIpc) is 2.68. The molecule has 0 unspecified atom stereocenters. The van der Waals surface area contributed by atoms with Crippen molar-refractivity contribution in [1.29, 1.82) is 0 Å². The molecule has 0 aliphatic carbocycles. The smallest absolute Gasteiger partial charge is 0.193 e. The number of nitrogen functional groups attached to an aromatic ring is 1. The average molecular weight is 220 g/mol. The number of fused-ring (bicyclic) bond motifs is 2. The molecule has 0 fully saturated rings. The molecule has 0 spiro atoms. The van der Waals surface area contributed by atoms with Gasteiger partial charge in [-0.2, -0.15) is 5.10 Å². The fourth-order valence-corrected chi connectivity index (χ4v) is 2.53. The number of nitrogens with two attached hydrogens (primary N) is 1. The Hall–Kier alpha value is -1.53. The topological polar surface area (TPSA) is 77.0 Å². The van der Waals surface area contributed by atoms with E-state index in [2.05, 4.69) is 10.1 Å². The third kappa shape index (κ3) is 1.22. The summed E-state index contributed by atoms with van der Waals surface area (Å²) in [6, 6.07) is 5.46. The minimum absolute atomic E-state index is 0.636. The number of rotatable bonds is 0. The fourth-order valence-electron chi connectivity index (χ4n) is 1.57. The lowest BCUT2D eigenvalue weighted by Gasteiger charge is -2.21. The van der Waals surface area contributed by atoms with Crippen molar-refractivity contribution in [3.8, 4) is 0 Å². The van der Waals surface area contributed by atoms with Crippen LogP contribution < -0.4 is 5.73 Å². The maximum atomic E-state index is 10.0. The maximum absolute atomic E-state index is 10.0. The molecule has 1 aromatic carbocycles. The van der Waals surface area contributed by atoms with Gasteiger partial charge in [0.05, 0.1) is 0 Å². The number of hydrogen-bond acceptors (Lipinski definition) is 5. The van der Waals surface area contributed by atoms with Gasteiger partial charge >= 0.3 is 0 Å². The van der Waals surface area contributed by atoms with Crippen LogP contribution >= 0.6 is 11.8 Å². The molecular weight excluding hydrogens is 212 g/mol. The summed E-state index contributed by atoms with van der Waals surface area (Å²) in [7, 11) is 0. The highest BCUT2D eigenvalue weighted by Gasteiger charge is 2.25. The van der Waals surface area contributed by atoms with Crippen LogP contribution in [0.3, 0.4) is 0 Å². The van der Waals surface area contributed by atoms with Gasteiger partial charge in [-0.1, -0.05) is 0 Å². The van der Waals surface area contributed by atoms with E-state index >= 15 is 0 Å². The zero-order valence-corrected chi connectivity index (χ0v) is 8.48. The summed E-state index contributed by atoms with van der Waals surface area (Å²) in [6.07, 6.45) is 0.642. The van der Waals surface area contributed by atoms with Crippen molar-refractivity contribution in [1.82, 2.24) is 14.8 Å². The Morgan fingerprint density at radius 2 is 2.33 bits per heavy atom. The second-order valence-electron chi connectivity index (χ2n) is 3.26. The van der Waals surface area contributed by atoms with E-state index in [0.717, 1.165) is 10.5 Å². The SMILES string of the molecule is Nc1ccc2c(c1)[C@H](O)n1ncnc1S2. The van der Waals surface area contributed by atoms with Crippen molar-refractivity contribution in [2.45, 2.75) is 16.3 Å². The van der Waals surface area contributed by atoms with Crippen LogP contribution in [-0.2, 0) is 0 Å². The van der Waals surface area contributed by atoms with Crippen LogP contribution in [0, 0.1) is 0 Å². The van der Waals surface area contributed by atoms with Gasteiger partial charge in [-0.3, -0.25) is 0 Å². The maximum Gasteiger partial charge on any atom is 0.193 e. The van der Waals surface area contributed by atoms with Gasteiger partial charge in [-0.25, -0.2) is 9.67 Å². The Balaban J connectivity index is 2.19. The summed E-state index contributed by atoms with van der Waals surface area (Å²) >= 11 is 1.48. The Labute approximate surface area is 89.9 Å². The lowest BCUT2D eigenvalue weighted by atomic mass is 10.2. The standard InChI is InChI=1S/C9H8N4OS/c10-5-1-2-7-6(3-5)8(14)13-9(15-7)11-4-12-13/h1-4,8,14H,10H2/t8-/m0/s1. The lowest BCUT2D eigenvalue weighted by Crippen LogP contribution is -2.17. The second kappa shape index (κ2) is 2.98. The van der Waals surface area contributed by atoms with Crippen LogP contribution in [-0.4, -0.2) is 19.9 Å². The molecule has 1 aromatic heterocycles. The third-order valence-electron chi connectivity index (χ3n) is 2.29. The van der Waals surface area contributed by atoms with Crippen LogP contribution in [0.2, 0.25) is 0 Å². The van der Waals surface area contributed by atoms with E-state index in [1.807, 2.05) is 12.1 Å². The molecule has 2 heterocycles. The molecule has 2 aromatic rings. The summed E-state index contributed by atoms with van der Waals surface area (Å²) in [4.78, 5) is 5.02. The van der Waals surface area contributed by atoms with Crippen LogP contribution in [0.15, 0.2) is 34.6 Å². The highest BCUT2D eigenvalue weighted by molar-refractivity contribution is 7.99. The minimum Gasteiger partial charge on any atom is -0.399 e. The van der Waals surface area contributed by atoms with E-state index in [1.54, 1.807) is 6.07 Å². The zero-order chi connectivity index (χ0) is 10.4. The van der Waals surface area contributed by atoms with Crippen LogP contribution in [0.4, 0.5) is 5.69 Å². The van der Waals surface area contributed by atoms with Crippen LogP contribution in [0.5, 0.6) is 0 Å². The first kappa shape index (κ1) is 8.75. The van der Waals surface area contributed by atoms with Gasteiger partial charge in [0.15, 0.2) is 11.4 Å². The molecule has 3 N–H and O–H groups in total. The lowest BCUT2D eigenvalue weighted by molar-refractivity contribution is 0.116. The van der Waals surface area contributed by atoms with Gasteiger partial charge in [0.1, 0.15) is 6.33 Å². The van der Waals surface area contributed by atoms with Crippen molar-refractivity contribution in [2.24, 2.45) is 0 Å². The molecular formula is C9H8N4OS. The first-order chi connectivity index (χ1) is 7.25. The minimum atomic E-state index is -0.790. The predicted molar refractivity (Wildman–Crippen MR) is 55.4 cm³/mol. The van der Waals surface area contributed by atoms with Gasteiger partial charge in [-0.15, -0.1) is 0 Å². The predicted octanol–water partition coefficient (Wildman–Crippen LogP) is 0.864. The number of aliphatic hydroxyl groups excluding tert-OH is 1. The number of aromatic nitrogens is 3. The number of aliphatic hydroxyl groups is 1. The Bertz CT molecular complexity index is 525. The highest BCUT2D eigenvalue weighted by Crippen LogP contribution is 2.39. The molecule has 1 aliphatic heterocycles. The quantitative estimate of drug-likeness (QED) is 0.644. The van der Waals surface area contributed by atoms with E-state index in [9.17, 15) is 5.11 Å². The molecule has 5 nitrogen and oxygen atoms in total. The van der Waals surface area contributed by atoms with Crippen LogP contribution in [0.25, 0.3) is 0 Å². The molecule has 15 heavy (non-hydrogen) atoms. The molecule has 3 rings (SSSR count). The fraction of sp³-hybridized carbons (Fsp3) is 0.111. The Morgan fingerprint density at radius 3 is 3.20 bits per heavy atom.